The topological polar surface area (TPSA) is 14.8 Å². The Bertz CT molecular complexity index is 3500. The summed E-state index contributed by atoms with van der Waals surface area (Å²) in [5.41, 5.74) is 15.5. The van der Waals surface area contributed by atoms with Gasteiger partial charge in [0.05, 0.1) is 38.8 Å². The van der Waals surface area contributed by atoms with Crippen molar-refractivity contribution in [3.05, 3.63) is 212 Å². The van der Waals surface area contributed by atoms with Crippen molar-refractivity contribution in [2.45, 2.75) is 0 Å². The predicted octanol–water partition coefficient (Wildman–Crippen LogP) is 14.3. The summed E-state index contributed by atoms with van der Waals surface area (Å²) in [6.07, 6.45) is 0. The normalized spacial score (nSPS) is 11.9. The molecule has 3 aromatic heterocycles. The van der Waals surface area contributed by atoms with Crippen LogP contribution in [0.4, 0.5) is 0 Å². The first-order valence-corrected chi connectivity index (χ1v) is 19.6. The Morgan fingerprint density at radius 1 is 0.246 bits per heavy atom. The molecular formula is C54H35N3. The summed E-state index contributed by atoms with van der Waals surface area (Å²) >= 11 is 0. The Morgan fingerprint density at radius 3 is 1.23 bits per heavy atom. The second-order valence-electron chi connectivity index (χ2n) is 14.8. The van der Waals surface area contributed by atoms with Gasteiger partial charge >= 0.3 is 0 Å². The van der Waals surface area contributed by atoms with Crippen LogP contribution in [-0.4, -0.2) is 13.7 Å². The van der Waals surface area contributed by atoms with Gasteiger partial charge in [0.25, 0.3) is 0 Å². The molecule has 0 unspecified atom stereocenters. The molecule has 266 valence electrons. The van der Waals surface area contributed by atoms with E-state index in [9.17, 15) is 0 Å². The van der Waals surface area contributed by atoms with Crippen molar-refractivity contribution >= 4 is 65.4 Å². The number of hydrogen-bond acceptors (Lipinski definition) is 0. The van der Waals surface area contributed by atoms with Crippen molar-refractivity contribution in [2.75, 3.05) is 0 Å². The summed E-state index contributed by atoms with van der Waals surface area (Å²) in [6.45, 7) is 0. The van der Waals surface area contributed by atoms with E-state index in [-0.39, 0.29) is 0 Å². The molecule has 3 nitrogen and oxygen atoms in total. The Hall–Kier alpha value is -7.62. The third-order valence-electron chi connectivity index (χ3n) is 11.8. The van der Waals surface area contributed by atoms with Gasteiger partial charge in [-0.2, -0.15) is 0 Å². The highest BCUT2D eigenvalue weighted by Crippen LogP contribution is 2.47. The minimum atomic E-state index is 1.15. The van der Waals surface area contributed by atoms with Gasteiger partial charge in [-0.15, -0.1) is 0 Å². The fourth-order valence-electron chi connectivity index (χ4n) is 9.57. The quantitative estimate of drug-likeness (QED) is 0.168. The van der Waals surface area contributed by atoms with Crippen LogP contribution in [0.3, 0.4) is 0 Å². The van der Waals surface area contributed by atoms with Gasteiger partial charge in [0.1, 0.15) is 0 Å². The van der Waals surface area contributed by atoms with Crippen LogP contribution in [0.1, 0.15) is 0 Å². The standard InChI is InChI=1S/C54H35N3/c1-4-18-36(19-5-1)51-40(32-33-48-52(51)41-25-11-15-29-45(41)55(48)37-20-6-2-7-21-37)39-24-10-14-28-44(39)57-47-31-17-13-27-43(47)54-50(57)35-34-49-53(54)42-26-12-16-30-46(42)56(49)38-22-8-3-9-23-38/h1-35H. The van der Waals surface area contributed by atoms with E-state index in [4.69, 9.17) is 0 Å². The van der Waals surface area contributed by atoms with Crippen LogP contribution >= 0.6 is 0 Å². The van der Waals surface area contributed by atoms with Crippen LogP contribution in [0.5, 0.6) is 0 Å². The zero-order valence-electron chi connectivity index (χ0n) is 31.0. The molecule has 0 aliphatic carbocycles. The second-order valence-corrected chi connectivity index (χ2v) is 14.8. The Balaban J connectivity index is 1.20. The lowest BCUT2D eigenvalue weighted by atomic mass is 9.89. The molecule has 0 spiro atoms. The van der Waals surface area contributed by atoms with E-state index < -0.39 is 0 Å². The molecular weight excluding hydrogens is 691 g/mol. The highest BCUT2D eigenvalue weighted by molar-refractivity contribution is 6.29. The molecule has 3 heteroatoms. The Kier molecular flexibility index (Phi) is 6.93. The van der Waals surface area contributed by atoms with Crippen molar-refractivity contribution in [1.29, 1.82) is 0 Å². The van der Waals surface area contributed by atoms with E-state index >= 15 is 0 Å². The monoisotopic (exact) mass is 725 g/mol. The highest BCUT2D eigenvalue weighted by atomic mass is 15.0. The highest BCUT2D eigenvalue weighted by Gasteiger charge is 2.24. The maximum atomic E-state index is 2.50. The van der Waals surface area contributed by atoms with Gasteiger partial charge in [0.2, 0.25) is 0 Å². The van der Waals surface area contributed by atoms with Crippen LogP contribution in [0.2, 0.25) is 0 Å². The van der Waals surface area contributed by atoms with E-state index in [2.05, 4.69) is 226 Å². The first-order valence-electron chi connectivity index (χ1n) is 19.6. The largest absolute Gasteiger partial charge is 0.309 e. The molecule has 0 radical (unpaired) electrons. The Labute approximate surface area is 329 Å². The molecule has 12 rings (SSSR count). The molecule has 12 aromatic rings. The van der Waals surface area contributed by atoms with E-state index in [1.54, 1.807) is 0 Å². The van der Waals surface area contributed by atoms with Gasteiger partial charge in [0, 0.05) is 49.3 Å². The molecule has 0 amide bonds. The molecule has 0 saturated carbocycles. The molecule has 0 bridgehead atoms. The number of benzene rings is 9. The SMILES string of the molecule is c1ccc(-c2c(-c3ccccc3-n3c4ccccc4c4c5c6ccccc6n(-c6ccccc6)c5ccc43)ccc3c2c2ccccc2n3-c2ccccc2)cc1. The molecule has 0 N–H and O–H groups in total. The zero-order valence-corrected chi connectivity index (χ0v) is 31.0. The lowest BCUT2D eigenvalue weighted by molar-refractivity contribution is 1.17. The van der Waals surface area contributed by atoms with Gasteiger partial charge in [-0.25, -0.2) is 0 Å². The number of nitrogens with zero attached hydrogens (tertiary/aromatic N) is 3. The van der Waals surface area contributed by atoms with E-state index in [1.807, 2.05) is 0 Å². The van der Waals surface area contributed by atoms with Crippen molar-refractivity contribution in [2.24, 2.45) is 0 Å². The Morgan fingerprint density at radius 2 is 0.649 bits per heavy atom. The number of fused-ring (bicyclic) bond motifs is 10. The maximum absolute atomic E-state index is 2.50. The summed E-state index contributed by atoms with van der Waals surface area (Å²) in [5, 5.41) is 7.54. The summed E-state index contributed by atoms with van der Waals surface area (Å²) < 4.78 is 7.33. The molecule has 57 heavy (non-hydrogen) atoms. The molecule has 3 heterocycles. The van der Waals surface area contributed by atoms with Crippen molar-refractivity contribution in [3.8, 4) is 39.3 Å². The van der Waals surface area contributed by atoms with Crippen molar-refractivity contribution in [1.82, 2.24) is 13.7 Å². The maximum Gasteiger partial charge on any atom is 0.0549 e. The number of aromatic nitrogens is 3. The minimum Gasteiger partial charge on any atom is -0.309 e. The van der Waals surface area contributed by atoms with Gasteiger partial charge in [-0.3, -0.25) is 0 Å². The summed E-state index contributed by atoms with van der Waals surface area (Å²) in [6, 6.07) is 77.3. The molecule has 0 aliphatic rings. The van der Waals surface area contributed by atoms with E-state index in [1.165, 1.54) is 87.7 Å². The number of para-hydroxylation sites is 6. The smallest absolute Gasteiger partial charge is 0.0549 e. The van der Waals surface area contributed by atoms with Gasteiger partial charge in [0.15, 0.2) is 0 Å². The average Bonchev–Trinajstić information content (AvgIpc) is 3.93. The van der Waals surface area contributed by atoms with Crippen LogP contribution < -0.4 is 0 Å². The number of hydrogen-bond donors (Lipinski definition) is 0. The first-order chi connectivity index (χ1) is 28.3. The van der Waals surface area contributed by atoms with Crippen LogP contribution in [0, 0.1) is 0 Å². The second kappa shape index (κ2) is 12.5. The number of rotatable bonds is 5. The zero-order chi connectivity index (χ0) is 37.5. The molecule has 0 saturated heterocycles. The fraction of sp³-hybridized carbons (Fsp3) is 0. The van der Waals surface area contributed by atoms with Crippen LogP contribution in [0.15, 0.2) is 212 Å². The van der Waals surface area contributed by atoms with E-state index in [0.717, 1.165) is 17.1 Å². The van der Waals surface area contributed by atoms with Gasteiger partial charge < -0.3 is 13.7 Å². The third-order valence-corrected chi connectivity index (χ3v) is 11.8. The predicted molar refractivity (Wildman–Crippen MR) is 240 cm³/mol. The fourth-order valence-corrected chi connectivity index (χ4v) is 9.57. The lowest BCUT2D eigenvalue weighted by Crippen LogP contribution is -1.99. The van der Waals surface area contributed by atoms with Crippen LogP contribution in [0.25, 0.3) is 105 Å². The van der Waals surface area contributed by atoms with Gasteiger partial charge in [-0.05, 0) is 83.4 Å². The first kappa shape index (κ1) is 31.7. The minimum absolute atomic E-state index is 1.15. The third kappa shape index (κ3) is 4.60. The van der Waals surface area contributed by atoms with Gasteiger partial charge in [-0.1, -0.05) is 146 Å². The summed E-state index contributed by atoms with van der Waals surface area (Å²) in [5.74, 6) is 0. The van der Waals surface area contributed by atoms with Crippen molar-refractivity contribution < 1.29 is 0 Å². The molecule has 0 fully saturated rings. The lowest BCUT2D eigenvalue weighted by Gasteiger charge is -2.18. The van der Waals surface area contributed by atoms with Crippen LogP contribution in [-0.2, 0) is 0 Å². The summed E-state index contributed by atoms with van der Waals surface area (Å²) in [7, 11) is 0. The van der Waals surface area contributed by atoms with E-state index in [0.29, 0.717) is 0 Å². The average molecular weight is 726 g/mol. The molecule has 9 aromatic carbocycles. The molecule has 0 atom stereocenters. The van der Waals surface area contributed by atoms with Crippen molar-refractivity contribution in [3.63, 3.8) is 0 Å². The summed E-state index contributed by atoms with van der Waals surface area (Å²) in [4.78, 5) is 0. The molecule has 0 aliphatic heterocycles.